The highest BCUT2D eigenvalue weighted by molar-refractivity contribution is 5.69. The Morgan fingerprint density at radius 3 is 1.65 bits per heavy atom. The molecule has 0 unspecified atom stereocenters. The van der Waals surface area contributed by atoms with Crippen molar-refractivity contribution in [3.63, 3.8) is 0 Å². The summed E-state index contributed by atoms with van der Waals surface area (Å²) in [6, 6.07) is 0. The van der Waals surface area contributed by atoms with E-state index >= 15 is 0 Å². The van der Waals surface area contributed by atoms with E-state index in [-0.39, 0.29) is 6.42 Å². The van der Waals surface area contributed by atoms with E-state index < -0.39 is 25.2 Å². The van der Waals surface area contributed by atoms with Crippen molar-refractivity contribution in [3.8, 4) is 0 Å². The summed E-state index contributed by atoms with van der Waals surface area (Å²) in [4.78, 5) is 11.8. The quantitative estimate of drug-likeness (QED) is 0.306. The van der Waals surface area contributed by atoms with Crippen molar-refractivity contribution in [3.05, 3.63) is 0 Å². The molecule has 4 nitrogen and oxygen atoms in total. The summed E-state index contributed by atoms with van der Waals surface area (Å²) in [5, 5.41) is 18.5. The number of hydrogen-bond acceptors (Lipinski definition) is 4. The van der Waals surface area contributed by atoms with Crippen LogP contribution in [-0.2, 0) is 9.53 Å². The molecule has 4 heteroatoms. The van der Waals surface area contributed by atoms with Crippen LogP contribution in [0.3, 0.4) is 0 Å². The third-order valence-electron chi connectivity index (χ3n) is 3.90. The van der Waals surface area contributed by atoms with Crippen LogP contribution >= 0.6 is 0 Å². The molecule has 0 atom stereocenters. The summed E-state index contributed by atoms with van der Waals surface area (Å²) < 4.78 is 40.3. The summed E-state index contributed by atoms with van der Waals surface area (Å²) in [7, 11) is 0. The van der Waals surface area contributed by atoms with Crippen molar-refractivity contribution < 1.29 is 26.6 Å². The number of aliphatic hydroxyl groups is 2. The molecule has 0 aliphatic rings. The lowest BCUT2D eigenvalue weighted by Crippen LogP contribution is -2.25. The Morgan fingerprint density at radius 2 is 1.26 bits per heavy atom. The van der Waals surface area contributed by atoms with Crippen molar-refractivity contribution in [2.45, 2.75) is 103 Å². The smallest absolute Gasteiger partial charge is 0.306 e. The highest BCUT2D eigenvalue weighted by Crippen LogP contribution is 2.13. The molecule has 0 fully saturated rings. The third-order valence-corrected chi connectivity index (χ3v) is 3.90. The molecule has 0 aromatic heterocycles. The molecule has 0 rings (SSSR count). The van der Waals surface area contributed by atoms with E-state index in [1.54, 1.807) is 0 Å². The molecule has 0 saturated carbocycles. The monoisotopic (exact) mass is 335 g/mol. The summed E-state index contributed by atoms with van der Waals surface area (Å²) in [6.45, 7) is -4.87. The third kappa shape index (κ3) is 16.0. The van der Waals surface area contributed by atoms with Gasteiger partial charge in [-0.1, -0.05) is 84.0 Å². The van der Waals surface area contributed by atoms with Gasteiger partial charge >= 0.3 is 5.97 Å². The number of carbonyl (C=O) groups excluding carboxylic acids is 1. The highest BCUT2D eigenvalue weighted by Gasteiger charge is 2.11. The van der Waals surface area contributed by atoms with Crippen molar-refractivity contribution in [1.82, 2.24) is 0 Å². The Labute approximate surface area is 149 Å². The molecule has 0 bridgehead atoms. The first-order chi connectivity index (χ1) is 13.0. The number of rotatable bonds is 17. The van der Waals surface area contributed by atoms with E-state index in [2.05, 4.69) is 11.7 Å². The van der Waals surface area contributed by atoms with Gasteiger partial charge in [0.05, 0.1) is 20.0 Å². The fourth-order valence-electron chi connectivity index (χ4n) is 2.52. The van der Waals surface area contributed by atoms with Crippen LogP contribution < -0.4 is 0 Å². The topological polar surface area (TPSA) is 66.8 Å². The van der Waals surface area contributed by atoms with Crippen LogP contribution in [0.5, 0.6) is 0 Å². The van der Waals surface area contributed by atoms with Crippen molar-refractivity contribution in [2.75, 3.05) is 13.1 Å². The van der Waals surface area contributed by atoms with E-state index in [1.165, 1.54) is 51.4 Å². The average Bonchev–Trinajstić information content (AvgIpc) is 2.57. The second kappa shape index (κ2) is 17.7. The summed E-state index contributed by atoms with van der Waals surface area (Å²) in [6.07, 6.45) is 11.2. The molecule has 0 aliphatic heterocycles. The van der Waals surface area contributed by atoms with E-state index in [1.807, 2.05) is 0 Å². The molecule has 0 saturated heterocycles. The van der Waals surface area contributed by atoms with Crippen LogP contribution in [-0.4, -0.2) is 35.4 Å². The van der Waals surface area contributed by atoms with E-state index in [0.717, 1.165) is 25.7 Å². The first kappa shape index (κ1) is 14.7. The first-order valence-electron chi connectivity index (χ1n) is 11.6. The predicted molar refractivity (Wildman–Crippen MR) is 94.4 cm³/mol. The number of ether oxygens (including phenoxy) is 1. The minimum Gasteiger partial charge on any atom is -0.457 e. The van der Waals surface area contributed by atoms with Gasteiger partial charge in [-0.3, -0.25) is 4.79 Å². The van der Waals surface area contributed by atoms with Crippen LogP contribution in [0, 0.1) is 0 Å². The summed E-state index contributed by atoms with van der Waals surface area (Å²) in [5.74, 6) is -1.02. The Bertz CT molecular complexity index is 408. The van der Waals surface area contributed by atoms with Gasteiger partial charge in [-0.15, -0.1) is 0 Å². The van der Waals surface area contributed by atoms with Gasteiger partial charge in [-0.05, 0) is 6.42 Å². The molecule has 0 aliphatic carbocycles. The minimum atomic E-state index is -3.54. The minimum absolute atomic E-state index is 0.120. The van der Waals surface area contributed by atoms with Crippen molar-refractivity contribution in [2.24, 2.45) is 0 Å². The number of unbranched alkanes of at least 4 members (excludes halogenated alkanes) is 12. The molecular formula is C19H38O4. The normalized spacial score (nSPS) is 16.0. The van der Waals surface area contributed by atoms with Gasteiger partial charge in [0.15, 0.2) is 0 Å². The van der Waals surface area contributed by atoms with Crippen LogP contribution in [0.25, 0.3) is 0 Å². The van der Waals surface area contributed by atoms with E-state index in [9.17, 15) is 15.0 Å². The lowest BCUT2D eigenvalue weighted by Gasteiger charge is -2.12. The van der Waals surface area contributed by atoms with Crippen molar-refractivity contribution >= 4 is 5.97 Å². The molecule has 0 aromatic rings. The molecular weight excluding hydrogens is 292 g/mol. The molecule has 0 amide bonds. The second-order valence-electron chi connectivity index (χ2n) is 6.02. The summed E-state index contributed by atoms with van der Waals surface area (Å²) in [5.41, 5.74) is 0. The van der Waals surface area contributed by atoms with Gasteiger partial charge in [0.1, 0.15) is 6.08 Å². The largest absolute Gasteiger partial charge is 0.457 e. The fraction of sp³-hybridized carbons (Fsp3) is 0.947. The molecule has 2 N–H and O–H groups in total. The van der Waals surface area contributed by atoms with E-state index in [0.29, 0.717) is 6.42 Å². The van der Waals surface area contributed by atoms with Crippen molar-refractivity contribution in [1.29, 1.82) is 0 Å². The maximum atomic E-state index is 11.8. The fourth-order valence-corrected chi connectivity index (χ4v) is 2.52. The number of carbonyl (C=O) groups is 1. The molecule has 0 aromatic carbocycles. The zero-order valence-corrected chi connectivity index (χ0v) is 14.6. The molecule has 0 spiro atoms. The molecule has 23 heavy (non-hydrogen) atoms. The number of hydrogen-bond donors (Lipinski definition) is 2. The van der Waals surface area contributed by atoms with Crippen LogP contribution in [0.15, 0.2) is 0 Å². The first-order valence-corrected chi connectivity index (χ1v) is 9.12. The SMILES string of the molecule is [2H]C([2H])(O)C([2H])(OC(=O)CCCCCCCCCCCCCCC)C([2H])([2H])O. The Morgan fingerprint density at radius 1 is 0.870 bits per heavy atom. The Kier molecular flexibility index (Phi) is 11.3. The maximum Gasteiger partial charge on any atom is 0.306 e. The zero-order valence-electron chi connectivity index (χ0n) is 19.6. The molecule has 138 valence electrons. The Balaban J connectivity index is 3.80. The second-order valence-corrected chi connectivity index (χ2v) is 6.02. The van der Waals surface area contributed by atoms with Gasteiger partial charge in [-0.2, -0.15) is 0 Å². The number of esters is 1. The van der Waals surface area contributed by atoms with Gasteiger partial charge in [0.25, 0.3) is 0 Å². The maximum absolute atomic E-state index is 11.8. The Hall–Kier alpha value is -0.610. The van der Waals surface area contributed by atoms with Crippen LogP contribution in [0.2, 0.25) is 0 Å². The lowest BCUT2D eigenvalue weighted by atomic mass is 10.0. The van der Waals surface area contributed by atoms with Gasteiger partial charge in [-0.25, -0.2) is 0 Å². The van der Waals surface area contributed by atoms with Gasteiger partial charge < -0.3 is 14.9 Å². The van der Waals surface area contributed by atoms with Crippen LogP contribution in [0.1, 0.15) is 104 Å². The summed E-state index contributed by atoms with van der Waals surface area (Å²) >= 11 is 0. The molecule has 0 heterocycles. The van der Waals surface area contributed by atoms with Gasteiger partial charge in [0.2, 0.25) is 0 Å². The van der Waals surface area contributed by atoms with Gasteiger partial charge in [0, 0.05) is 6.42 Å². The predicted octanol–water partition coefficient (Wildman–Crippen LogP) is 4.36. The average molecular weight is 336 g/mol. The lowest BCUT2D eigenvalue weighted by molar-refractivity contribution is -0.153. The van der Waals surface area contributed by atoms with E-state index in [4.69, 9.17) is 6.85 Å². The molecule has 0 radical (unpaired) electrons. The van der Waals surface area contributed by atoms with Crippen LogP contribution in [0.4, 0.5) is 0 Å². The highest BCUT2D eigenvalue weighted by atomic mass is 16.6. The zero-order chi connectivity index (χ0) is 21.7. The standard InChI is InChI=1S/C19H38O4/c1-2-3-4-5-6-7-8-9-10-11-12-13-14-15-19(22)23-18(16-20)17-21/h18,20-21H,2-17H2,1H3/i16D2,17D2,18D.